The third-order valence-corrected chi connectivity index (χ3v) is 4.50. The SMILES string of the molecule is CN(C(=O)c1ccc2sccc2c1)C1CCNC1. The van der Waals surface area contributed by atoms with E-state index >= 15 is 0 Å². The van der Waals surface area contributed by atoms with Crippen molar-refractivity contribution in [3.63, 3.8) is 0 Å². The molecule has 1 fully saturated rings. The van der Waals surface area contributed by atoms with E-state index in [-0.39, 0.29) is 5.91 Å². The molecular formula is C14H16N2OS. The van der Waals surface area contributed by atoms with Crippen molar-refractivity contribution in [2.24, 2.45) is 0 Å². The molecule has 1 unspecified atom stereocenters. The van der Waals surface area contributed by atoms with E-state index in [9.17, 15) is 4.79 Å². The molecule has 0 saturated carbocycles. The molecule has 2 aromatic rings. The summed E-state index contributed by atoms with van der Waals surface area (Å²) in [4.78, 5) is 14.3. The summed E-state index contributed by atoms with van der Waals surface area (Å²) in [6.07, 6.45) is 1.04. The number of fused-ring (bicyclic) bond motifs is 1. The van der Waals surface area contributed by atoms with Crippen LogP contribution in [0.25, 0.3) is 10.1 Å². The van der Waals surface area contributed by atoms with Gasteiger partial charge in [-0.15, -0.1) is 11.3 Å². The molecule has 0 spiro atoms. The fraction of sp³-hybridized carbons (Fsp3) is 0.357. The van der Waals surface area contributed by atoms with Crippen molar-refractivity contribution in [3.05, 3.63) is 35.2 Å². The lowest BCUT2D eigenvalue weighted by atomic mass is 10.1. The van der Waals surface area contributed by atoms with Gasteiger partial charge in [-0.1, -0.05) is 0 Å². The summed E-state index contributed by atoms with van der Waals surface area (Å²) < 4.78 is 1.23. The second-order valence-electron chi connectivity index (χ2n) is 4.74. The van der Waals surface area contributed by atoms with Gasteiger partial charge in [-0.05, 0) is 48.0 Å². The third-order valence-electron chi connectivity index (χ3n) is 3.60. The van der Waals surface area contributed by atoms with Crippen LogP contribution >= 0.6 is 11.3 Å². The van der Waals surface area contributed by atoms with Crippen LogP contribution in [0.5, 0.6) is 0 Å². The first-order chi connectivity index (χ1) is 8.75. The van der Waals surface area contributed by atoms with Crippen LogP contribution in [0.3, 0.4) is 0 Å². The number of carbonyl (C=O) groups is 1. The first-order valence-corrected chi connectivity index (χ1v) is 7.09. The van der Waals surface area contributed by atoms with Crippen molar-refractivity contribution in [1.29, 1.82) is 0 Å². The van der Waals surface area contributed by atoms with Crippen LogP contribution in [0, 0.1) is 0 Å². The number of likely N-dealkylation sites (N-methyl/N-ethyl adjacent to an activating group) is 1. The first kappa shape index (κ1) is 11.7. The molecule has 0 aliphatic carbocycles. The normalized spacial score (nSPS) is 19.3. The molecule has 1 N–H and O–H groups in total. The van der Waals surface area contributed by atoms with Crippen molar-refractivity contribution in [2.75, 3.05) is 20.1 Å². The van der Waals surface area contributed by atoms with E-state index < -0.39 is 0 Å². The highest BCUT2D eigenvalue weighted by Crippen LogP contribution is 2.22. The predicted octanol–water partition coefficient (Wildman–Crippen LogP) is 2.34. The Morgan fingerprint density at radius 2 is 2.33 bits per heavy atom. The highest BCUT2D eigenvalue weighted by Gasteiger charge is 2.23. The van der Waals surface area contributed by atoms with Crippen molar-refractivity contribution < 1.29 is 4.79 Å². The van der Waals surface area contributed by atoms with Crippen LogP contribution in [0.1, 0.15) is 16.8 Å². The van der Waals surface area contributed by atoms with Gasteiger partial charge in [0, 0.05) is 29.9 Å². The zero-order valence-electron chi connectivity index (χ0n) is 10.3. The highest BCUT2D eigenvalue weighted by molar-refractivity contribution is 7.17. The van der Waals surface area contributed by atoms with E-state index in [0.29, 0.717) is 6.04 Å². The minimum absolute atomic E-state index is 0.122. The molecule has 1 aromatic heterocycles. The molecule has 1 amide bonds. The molecule has 0 bridgehead atoms. The zero-order chi connectivity index (χ0) is 12.5. The van der Waals surface area contributed by atoms with Crippen LogP contribution < -0.4 is 5.32 Å². The fourth-order valence-corrected chi connectivity index (χ4v) is 3.21. The number of rotatable bonds is 2. The zero-order valence-corrected chi connectivity index (χ0v) is 11.2. The van der Waals surface area contributed by atoms with E-state index in [1.165, 1.54) is 4.70 Å². The molecule has 1 aliphatic rings. The third kappa shape index (κ3) is 2.02. The van der Waals surface area contributed by atoms with Gasteiger partial charge in [0.05, 0.1) is 0 Å². The first-order valence-electron chi connectivity index (χ1n) is 6.21. The molecule has 94 valence electrons. The molecule has 3 rings (SSSR count). The van der Waals surface area contributed by atoms with Gasteiger partial charge >= 0.3 is 0 Å². The average molecular weight is 260 g/mol. The standard InChI is InChI=1S/C14H16N2OS/c1-16(12-4-6-15-9-12)14(17)11-2-3-13-10(8-11)5-7-18-13/h2-3,5,7-8,12,15H,4,6,9H2,1H3. The minimum atomic E-state index is 0.122. The number of benzene rings is 1. The molecule has 4 heteroatoms. The fourth-order valence-electron chi connectivity index (χ4n) is 2.44. The lowest BCUT2D eigenvalue weighted by Crippen LogP contribution is -2.38. The predicted molar refractivity (Wildman–Crippen MR) is 75.2 cm³/mol. The molecule has 1 aromatic carbocycles. The number of hydrogen-bond acceptors (Lipinski definition) is 3. The van der Waals surface area contributed by atoms with Gasteiger partial charge in [0.2, 0.25) is 0 Å². The second kappa shape index (κ2) is 4.71. The summed E-state index contributed by atoms with van der Waals surface area (Å²) in [6.45, 7) is 1.91. The average Bonchev–Trinajstić information content (AvgIpc) is 3.06. The van der Waals surface area contributed by atoms with Gasteiger partial charge in [-0.3, -0.25) is 4.79 Å². The Kier molecular flexibility index (Phi) is 3.06. The quantitative estimate of drug-likeness (QED) is 0.899. The summed E-state index contributed by atoms with van der Waals surface area (Å²) >= 11 is 1.71. The van der Waals surface area contributed by atoms with E-state index in [1.54, 1.807) is 11.3 Å². The Bertz CT molecular complexity index is 572. The number of thiophene rings is 1. The van der Waals surface area contributed by atoms with Crippen LogP contribution in [0.2, 0.25) is 0 Å². The molecule has 1 saturated heterocycles. The molecule has 18 heavy (non-hydrogen) atoms. The smallest absolute Gasteiger partial charge is 0.253 e. The van der Waals surface area contributed by atoms with Crippen molar-refractivity contribution in [3.8, 4) is 0 Å². The van der Waals surface area contributed by atoms with Crippen molar-refractivity contribution in [2.45, 2.75) is 12.5 Å². The Morgan fingerprint density at radius 3 is 3.11 bits per heavy atom. The van der Waals surface area contributed by atoms with Crippen molar-refractivity contribution in [1.82, 2.24) is 10.2 Å². The summed E-state index contributed by atoms with van der Waals surface area (Å²) in [5, 5.41) is 6.51. The summed E-state index contributed by atoms with van der Waals surface area (Å²) in [5.74, 6) is 0.122. The Balaban J connectivity index is 1.86. The summed E-state index contributed by atoms with van der Waals surface area (Å²) in [6, 6.07) is 8.35. The number of nitrogens with zero attached hydrogens (tertiary/aromatic N) is 1. The van der Waals surface area contributed by atoms with E-state index in [0.717, 1.165) is 30.5 Å². The molecule has 3 nitrogen and oxygen atoms in total. The van der Waals surface area contributed by atoms with Gasteiger partial charge in [0.1, 0.15) is 0 Å². The maximum atomic E-state index is 12.4. The van der Waals surface area contributed by atoms with Gasteiger partial charge in [0.15, 0.2) is 0 Å². The van der Waals surface area contributed by atoms with Crippen LogP contribution in [0.15, 0.2) is 29.6 Å². The number of nitrogens with one attached hydrogen (secondary N) is 1. The topological polar surface area (TPSA) is 32.3 Å². The lowest BCUT2D eigenvalue weighted by Gasteiger charge is -2.23. The largest absolute Gasteiger partial charge is 0.337 e. The van der Waals surface area contributed by atoms with Crippen LogP contribution in [-0.4, -0.2) is 37.0 Å². The van der Waals surface area contributed by atoms with Crippen LogP contribution in [-0.2, 0) is 0 Å². The molecule has 0 radical (unpaired) electrons. The summed E-state index contributed by atoms with van der Waals surface area (Å²) in [7, 11) is 1.90. The van der Waals surface area contributed by atoms with Gasteiger partial charge < -0.3 is 10.2 Å². The molecule has 1 aliphatic heterocycles. The minimum Gasteiger partial charge on any atom is -0.337 e. The molecule has 1 atom stereocenters. The number of carbonyl (C=O) groups excluding carboxylic acids is 1. The summed E-state index contributed by atoms with van der Waals surface area (Å²) in [5.41, 5.74) is 0.787. The second-order valence-corrected chi connectivity index (χ2v) is 5.68. The number of hydrogen-bond donors (Lipinski definition) is 1. The Morgan fingerprint density at radius 1 is 1.44 bits per heavy atom. The molecular weight excluding hydrogens is 244 g/mol. The van der Waals surface area contributed by atoms with Gasteiger partial charge in [0.25, 0.3) is 5.91 Å². The van der Waals surface area contributed by atoms with Crippen LogP contribution in [0.4, 0.5) is 0 Å². The Hall–Kier alpha value is -1.39. The lowest BCUT2D eigenvalue weighted by molar-refractivity contribution is 0.0744. The van der Waals surface area contributed by atoms with Crippen molar-refractivity contribution >= 4 is 27.3 Å². The molecule has 2 heterocycles. The van der Waals surface area contributed by atoms with E-state index in [4.69, 9.17) is 0 Å². The van der Waals surface area contributed by atoms with E-state index in [2.05, 4.69) is 16.8 Å². The highest BCUT2D eigenvalue weighted by atomic mass is 32.1. The van der Waals surface area contributed by atoms with E-state index in [1.807, 2.05) is 30.1 Å². The Labute approximate surface area is 110 Å². The maximum Gasteiger partial charge on any atom is 0.253 e. The van der Waals surface area contributed by atoms with Gasteiger partial charge in [-0.2, -0.15) is 0 Å². The van der Waals surface area contributed by atoms with Gasteiger partial charge in [-0.25, -0.2) is 0 Å². The monoisotopic (exact) mass is 260 g/mol. The maximum absolute atomic E-state index is 12.4. The number of amides is 1.